The third kappa shape index (κ3) is 3.96. The minimum absolute atomic E-state index is 0.0507. The van der Waals surface area contributed by atoms with Gasteiger partial charge in [-0.15, -0.1) is 0 Å². The van der Waals surface area contributed by atoms with Gasteiger partial charge in [-0.3, -0.25) is 0 Å². The third-order valence-electron chi connectivity index (χ3n) is 8.24. The number of furan rings is 1. The number of rotatable bonds is 4. The molecule has 44 heavy (non-hydrogen) atoms. The van der Waals surface area contributed by atoms with Gasteiger partial charge in [-0.2, -0.15) is 0 Å². The van der Waals surface area contributed by atoms with Gasteiger partial charge in [0.25, 0.3) is 0 Å². The molecule has 0 spiro atoms. The van der Waals surface area contributed by atoms with Crippen LogP contribution in [0.5, 0.6) is 0 Å². The Morgan fingerprint density at radius 1 is 0.409 bits per heavy atom. The van der Waals surface area contributed by atoms with E-state index < -0.39 is 24.2 Å². The summed E-state index contributed by atoms with van der Waals surface area (Å²) in [4.78, 5) is 0. The largest absolute Gasteiger partial charge is 0.456 e. The van der Waals surface area contributed by atoms with Gasteiger partial charge in [-0.1, -0.05) is 109 Å². The molecule has 0 amide bonds. The van der Waals surface area contributed by atoms with Crippen LogP contribution in [0.2, 0.25) is 0 Å². The SMILES string of the molecule is [2H]c1c([2H])c([2H])c2c(c1[2H])c1c([2H])c([2H])c([2H])c([2H])c1n2-c1cccc(-c2ccc3oc4ccc(-c5cccc(-c6ccccc6)c5)cc4c3c2)c1. The number of nitrogens with zero attached hydrogens (tertiary/aromatic N) is 1. The highest BCUT2D eigenvalue weighted by atomic mass is 16.3. The van der Waals surface area contributed by atoms with Crippen molar-refractivity contribution >= 4 is 43.7 Å². The lowest BCUT2D eigenvalue weighted by Crippen LogP contribution is -1.94. The lowest BCUT2D eigenvalue weighted by molar-refractivity contribution is 0.669. The molecule has 0 atom stereocenters. The standard InChI is InChI=1S/C42H27NO/c1-2-10-28(11-3-1)29-12-8-13-30(24-29)32-20-22-41-37(26-32)38-27-33(21-23-42(38)44-41)31-14-9-15-34(25-31)43-39-18-6-4-16-35(39)36-17-5-7-19-40(36)43/h1-27H/i4D,5D,6D,7D,16D,17D,18D,19D. The molecule has 0 unspecified atom stereocenters. The first-order valence-corrected chi connectivity index (χ1v) is 14.4. The maximum Gasteiger partial charge on any atom is 0.135 e. The predicted molar refractivity (Wildman–Crippen MR) is 184 cm³/mol. The van der Waals surface area contributed by atoms with Crippen LogP contribution in [0.25, 0.3) is 82.8 Å². The minimum Gasteiger partial charge on any atom is -0.456 e. The predicted octanol–water partition coefficient (Wildman–Crippen LogP) is 11.7. The van der Waals surface area contributed by atoms with Crippen LogP contribution < -0.4 is 0 Å². The summed E-state index contributed by atoms with van der Waals surface area (Å²) in [5.41, 5.74) is 8.26. The van der Waals surface area contributed by atoms with Crippen LogP contribution >= 0.6 is 0 Å². The summed E-state index contributed by atoms with van der Waals surface area (Å²) in [6.07, 6.45) is 0. The Hall–Kier alpha value is -5.86. The van der Waals surface area contributed by atoms with Crippen molar-refractivity contribution in [2.45, 2.75) is 0 Å². The van der Waals surface area contributed by atoms with Crippen molar-refractivity contribution < 1.29 is 15.4 Å². The summed E-state index contributed by atoms with van der Waals surface area (Å²) in [7, 11) is 0. The monoisotopic (exact) mass is 569 g/mol. The maximum absolute atomic E-state index is 8.86. The fraction of sp³-hybridized carbons (Fsp3) is 0. The van der Waals surface area contributed by atoms with Gasteiger partial charge >= 0.3 is 0 Å². The summed E-state index contributed by atoms with van der Waals surface area (Å²) in [5.74, 6) is 0. The summed E-state index contributed by atoms with van der Waals surface area (Å²) >= 11 is 0. The van der Waals surface area contributed by atoms with E-state index in [2.05, 4.69) is 54.6 Å². The van der Waals surface area contributed by atoms with Gasteiger partial charge in [0.1, 0.15) is 11.2 Å². The highest BCUT2D eigenvalue weighted by Gasteiger charge is 2.14. The number of fused-ring (bicyclic) bond motifs is 6. The van der Waals surface area contributed by atoms with Crippen LogP contribution in [-0.4, -0.2) is 4.57 Å². The van der Waals surface area contributed by atoms with Gasteiger partial charge in [0.15, 0.2) is 0 Å². The van der Waals surface area contributed by atoms with E-state index in [0.29, 0.717) is 5.69 Å². The Morgan fingerprint density at radius 3 is 1.55 bits per heavy atom. The molecule has 0 radical (unpaired) electrons. The van der Waals surface area contributed by atoms with Crippen molar-refractivity contribution in [1.29, 1.82) is 0 Å². The lowest BCUT2D eigenvalue weighted by Gasteiger charge is -2.10. The molecular weight excluding hydrogens is 534 g/mol. The van der Waals surface area contributed by atoms with Crippen molar-refractivity contribution in [2.24, 2.45) is 0 Å². The van der Waals surface area contributed by atoms with Gasteiger partial charge < -0.3 is 8.98 Å². The molecule has 2 heteroatoms. The van der Waals surface area contributed by atoms with Crippen molar-refractivity contribution in [3.05, 3.63) is 164 Å². The summed E-state index contributed by atoms with van der Waals surface area (Å²) in [5, 5.41) is 1.99. The molecule has 0 N–H and O–H groups in total. The number of hydrogen-bond acceptors (Lipinski definition) is 1. The zero-order valence-corrected chi connectivity index (χ0v) is 23.3. The van der Waals surface area contributed by atoms with Crippen LogP contribution in [-0.2, 0) is 0 Å². The average molecular weight is 570 g/mol. The molecule has 9 aromatic rings. The second-order valence-corrected chi connectivity index (χ2v) is 10.8. The highest BCUT2D eigenvalue weighted by Crippen LogP contribution is 2.37. The van der Waals surface area contributed by atoms with Crippen molar-refractivity contribution in [1.82, 2.24) is 4.57 Å². The molecule has 7 aromatic carbocycles. The highest BCUT2D eigenvalue weighted by molar-refractivity contribution is 6.10. The van der Waals surface area contributed by atoms with Crippen LogP contribution in [0, 0.1) is 0 Å². The zero-order valence-electron chi connectivity index (χ0n) is 31.3. The van der Waals surface area contributed by atoms with E-state index in [0.717, 1.165) is 55.3 Å². The topological polar surface area (TPSA) is 18.1 Å². The Morgan fingerprint density at radius 2 is 0.909 bits per heavy atom. The second-order valence-electron chi connectivity index (χ2n) is 10.8. The Labute approximate surface area is 266 Å². The number of para-hydroxylation sites is 2. The van der Waals surface area contributed by atoms with Crippen LogP contribution in [0.3, 0.4) is 0 Å². The molecule has 9 rings (SSSR count). The smallest absolute Gasteiger partial charge is 0.135 e. The van der Waals surface area contributed by atoms with Gasteiger partial charge in [0.2, 0.25) is 0 Å². The second kappa shape index (κ2) is 9.86. The minimum atomic E-state index is -0.467. The van der Waals surface area contributed by atoms with E-state index in [-0.39, 0.29) is 46.0 Å². The van der Waals surface area contributed by atoms with E-state index in [9.17, 15) is 0 Å². The molecule has 2 nitrogen and oxygen atoms in total. The molecule has 0 aliphatic carbocycles. The van der Waals surface area contributed by atoms with E-state index in [1.165, 1.54) is 4.57 Å². The fourth-order valence-electron chi connectivity index (χ4n) is 6.15. The normalized spacial score (nSPS) is 14.2. The van der Waals surface area contributed by atoms with Crippen LogP contribution in [0.15, 0.2) is 168 Å². The van der Waals surface area contributed by atoms with Crippen molar-refractivity contribution in [3.8, 4) is 39.1 Å². The van der Waals surface area contributed by atoms with E-state index in [4.69, 9.17) is 15.4 Å². The molecule has 2 aromatic heterocycles. The van der Waals surface area contributed by atoms with E-state index in [1.807, 2.05) is 54.6 Å². The molecule has 0 bridgehead atoms. The zero-order chi connectivity index (χ0) is 36.0. The van der Waals surface area contributed by atoms with Crippen LogP contribution in [0.1, 0.15) is 11.0 Å². The molecule has 206 valence electrons. The first kappa shape index (κ1) is 17.9. The third-order valence-corrected chi connectivity index (χ3v) is 8.24. The van der Waals surface area contributed by atoms with Crippen LogP contribution in [0.4, 0.5) is 0 Å². The molecule has 0 saturated carbocycles. The first-order valence-electron chi connectivity index (χ1n) is 18.4. The van der Waals surface area contributed by atoms with Crippen molar-refractivity contribution in [2.75, 3.05) is 0 Å². The van der Waals surface area contributed by atoms with Crippen molar-refractivity contribution in [3.63, 3.8) is 0 Å². The number of benzene rings is 7. The van der Waals surface area contributed by atoms with Gasteiger partial charge in [0, 0.05) is 27.2 Å². The average Bonchev–Trinajstić information content (AvgIpc) is 3.74. The van der Waals surface area contributed by atoms with E-state index in [1.54, 1.807) is 6.07 Å². The molecule has 2 heterocycles. The summed E-state index contributed by atoms with van der Waals surface area (Å²) < 4.78 is 76.5. The quantitative estimate of drug-likeness (QED) is 0.206. The molecule has 0 aliphatic heterocycles. The number of hydrogen-bond donors (Lipinski definition) is 0. The van der Waals surface area contributed by atoms with Gasteiger partial charge in [-0.05, 0) is 87.9 Å². The number of aromatic nitrogens is 1. The molecule has 0 aliphatic rings. The Balaban J connectivity index is 1.22. The van der Waals surface area contributed by atoms with Gasteiger partial charge in [-0.25, -0.2) is 0 Å². The lowest BCUT2D eigenvalue weighted by atomic mass is 9.97. The molecule has 0 saturated heterocycles. The van der Waals surface area contributed by atoms with Gasteiger partial charge in [0.05, 0.1) is 22.0 Å². The van der Waals surface area contributed by atoms with E-state index >= 15 is 0 Å². The molecule has 0 fully saturated rings. The summed E-state index contributed by atoms with van der Waals surface area (Å²) in [6, 6.07) is 35.1. The molecular formula is C42H27NO. The first-order chi connectivity index (χ1) is 25.1. The Kier molecular flexibility index (Phi) is 4.02. The fourth-order valence-corrected chi connectivity index (χ4v) is 6.15. The maximum atomic E-state index is 8.86. The Bertz CT molecular complexity index is 2870. The summed E-state index contributed by atoms with van der Waals surface area (Å²) in [6.45, 7) is 0.